The largest absolute Gasteiger partial charge is 0.303 e. The third-order valence-electron chi connectivity index (χ3n) is 4.93. The molecule has 1 rings (SSSR count). The van der Waals surface area contributed by atoms with E-state index in [0.717, 1.165) is 32.0 Å². The summed E-state index contributed by atoms with van der Waals surface area (Å²) in [4.78, 5) is 2.51. The quantitative estimate of drug-likeness (QED) is 0.774. The molecule has 0 radical (unpaired) electrons. The van der Waals surface area contributed by atoms with E-state index in [0.29, 0.717) is 5.41 Å². The van der Waals surface area contributed by atoms with Crippen LogP contribution < -0.4 is 5.32 Å². The fourth-order valence-corrected chi connectivity index (χ4v) is 3.26. The SMILES string of the molecule is CCNC(C)(C#N)CCCN(C)C1CCC(C)(C)CC1. The Hall–Kier alpha value is -0.590. The first kappa shape index (κ1) is 17.5. The second-order valence-electron chi connectivity index (χ2n) is 7.45. The number of hydrogen-bond donors (Lipinski definition) is 1. The van der Waals surface area contributed by atoms with E-state index in [-0.39, 0.29) is 5.54 Å². The molecule has 116 valence electrons. The Bertz CT molecular complexity index is 322. The van der Waals surface area contributed by atoms with E-state index in [2.05, 4.69) is 44.1 Å². The van der Waals surface area contributed by atoms with Gasteiger partial charge in [-0.15, -0.1) is 0 Å². The molecule has 1 atom stereocenters. The second-order valence-corrected chi connectivity index (χ2v) is 7.45. The van der Waals surface area contributed by atoms with Crippen molar-refractivity contribution in [1.82, 2.24) is 10.2 Å². The summed E-state index contributed by atoms with van der Waals surface area (Å²) in [6.07, 6.45) is 7.36. The van der Waals surface area contributed by atoms with Crippen molar-refractivity contribution in [2.45, 2.75) is 77.8 Å². The lowest BCUT2D eigenvalue weighted by molar-refractivity contribution is 0.125. The minimum atomic E-state index is -0.357. The van der Waals surface area contributed by atoms with Crippen LogP contribution in [0.1, 0.15) is 66.2 Å². The Morgan fingerprint density at radius 2 is 1.95 bits per heavy atom. The lowest BCUT2D eigenvalue weighted by Crippen LogP contribution is -2.42. The highest BCUT2D eigenvalue weighted by molar-refractivity contribution is 5.03. The molecule has 20 heavy (non-hydrogen) atoms. The number of nitrogens with one attached hydrogen (secondary N) is 1. The van der Waals surface area contributed by atoms with Crippen LogP contribution in [0.3, 0.4) is 0 Å². The molecule has 0 bridgehead atoms. The van der Waals surface area contributed by atoms with E-state index in [1.54, 1.807) is 0 Å². The van der Waals surface area contributed by atoms with Crippen molar-refractivity contribution in [3.8, 4) is 6.07 Å². The minimum Gasteiger partial charge on any atom is -0.303 e. The van der Waals surface area contributed by atoms with Crippen LogP contribution in [0, 0.1) is 16.7 Å². The molecule has 1 unspecified atom stereocenters. The zero-order chi connectivity index (χ0) is 15.2. The molecular formula is C17H33N3. The van der Waals surface area contributed by atoms with E-state index < -0.39 is 0 Å². The molecule has 0 aromatic heterocycles. The topological polar surface area (TPSA) is 39.1 Å². The van der Waals surface area contributed by atoms with Crippen molar-refractivity contribution in [3.05, 3.63) is 0 Å². The summed E-state index contributed by atoms with van der Waals surface area (Å²) in [5.74, 6) is 0. The Kier molecular flexibility index (Phi) is 6.48. The molecule has 1 aliphatic rings. The Morgan fingerprint density at radius 3 is 2.45 bits per heavy atom. The third-order valence-corrected chi connectivity index (χ3v) is 4.93. The highest BCUT2D eigenvalue weighted by atomic mass is 15.1. The molecule has 1 fully saturated rings. The number of hydrogen-bond acceptors (Lipinski definition) is 3. The van der Waals surface area contributed by atoms with Crippen molar-refractivity contribution in [1.29, 1.82) is 5.26 Å². The summed E-state index contributed by atoms with van der Waals surface area (Å²) < 4.78 is 0. The normalized spacial score (nSPS) is 22.4. The first-order chi connectivity index (χ1) is 9.32. The summed E-state index contributed by atoms with van der Waals surface area (Å²) >= 11 is 0. The van der Waals surface area contributed by atoms with Crippen LogP contribution in [-0.4, -0.2) is 36.6 Å². The van der Waals surface area contributed by atoms with Gasteiger partial charge in [-0.05, 0) is 71.0 Å². The van der Waals surface area contributed by atoms with Gasteiger partial charge in [-0.25, -0.2) is 0 Å². The van der Waals surface area contributed by atoms with Crippen molar-refractivity contribution in [3.63, 3.8) is 0 Å². The van der Waals surface area contributed by atoms with Gasteiger partial charge in [-0.1, -0.05) is 20.8 Å². The summed E-state index contributed by atoms with van der Waals surface area (Å²) in [5, 5.41) is 12.6. The van der Waals surface area contributed by atoms with Crippen LogP contribution in [0.25, 0.3) is 0 Å². The van der Waals surface area contributed by atoms with E-state index in [1.165, 1.54) is 25.7 Å². The average molecular weight is 279 g/mol. The smallest absolute Gasteiger partial charge is 0.103 e. The number of rotatable bonds is 7. The molecule has 3 nitrogen and oxygen atoms in total. The zero-order valence-electron chi connectivity index (χ0n) is 14.1. The van der Waals surface area contributed by atoms with Crippen LogP contribution >= 0.6 is 0 Å². The predicted molar refractivity (Wildman–Crippen MR) is 85.6 cm³/mol. The van der Waals surface area contributed by atoms with Gasteiger partial charge < -0.3 is 4.90 Å². The van der Waals surface area contributed by atoms with Gasteiger partial charge in [-0.3, -0.25) is 5.32 Å². The van der Waals surface area contributed by atoms with E-state index in [9.17, 15) is 5.26 Å². The van der Waals surface area contributed by atoms with Gasteiger partial charge in [0.2, 0.25) is 0 Å². The molecule has 0 saturated heterocycles. The molecule has 1 aliphatic carbocycles. The molecule has 0 heterocycles. The van der Waals surface area contributed by atoms with Gasteiger partial charge in [0, 0.05) is 6.04 Å². The van der Waals surface area contributed by atoms with Crippen LogP contribution in [-0.2, 0) is 0 Å². The average Bonchev–Trinajstić information content (AvgIpc) is 2.38. The lowest BCUT2D eigenvalue weighted by atomic mass is 9.75. The maximum atomic E-state index is 9.26. The standard InChI is InChI=1S/C17H33N3/c1-6-19-17(4,14-18)10-7-13-20(5)15-8-11-16(2,3)12-9-15/h15,19H,6-13H2,1-5H3. The molecule has 0 aromatic carbocycles. The van der Waals surface area contributed by atoms with E-state index in [4.69, 9.17) is 0 Å². The van der Waals surface area contributed by atoms with Crippen molar-refractivity contribution < 1.29 is 0 Å². The van der Waals surface area contributed by atoms with Gasteiger partial charge in [0.15, 0.2) is 0 Å². The van der Waals surface area contributed by atoms with Crippen LogP contribution in [0.2, 0.25) is 0 Å². The molecule has 0 aliphatic heterocycles. The predicted octanol–water partition coefficient (Wildman–Crippen LogP) is 3.56. The van der Waals surface area contributed by atoms with Crippen molar-refractivity contribution >= 4 is 0 Å². The summed E-state index contributed by atoms with van der Waals surface area (Å²) in [6.45, 7) is 10.8. The van der Waals surface area contributed by atoms with Crippen molar-refractivity contribution in [2.75, 3.05) is 20.1 Å². The van der Waals surface area contributed by atoms with Crippen molar-refractivity contribution in [2.24, 2.45) is 5.41 Å². The van der Waals surface area contributed by atoms with Gasteiger partial charge in [0.1, 0.15) is 5.54 Å². The molecule has 1 N–H and O–H groups in total. The summed E-state index contributed by atoms with van der Waals surface area (Å²) in [5.41, 5.74) is 0.186. The fourth-order valence-electron chi connectivity index (χ4n) is 3.26. The highest BCUT2D eigenvalue weighted by Gasteiger charge is 2.29. The Labute approximate surface area is 125 Å². The van der Waals surface area contributed by atoms with Crippen LogP contribution in [0.15, 0.2) is 0 Å². The fraction of sp³-hybridized carbons (Fsp3) is 0.941. The summed E-state index contributed by atoms with van der Waals surface area (Å²) in [6, 6.07) is 3.16. The molecule has 1 saturated carbocycles. The number of nitrogens with zero attached hydrogens (tertiary/aromatic N) is 2. The maximum absolute atomic E-state index is 9.26. The number of nitriles is 1. The minimum absolute atomic E-state index is 0.357. The Morgan fingerprint density at radius 1 is 1.35 bits per heavy atom. The summed E-state index contributed by atoms with van der Waals surface area (Å²) in [7, 11) is 2.25. The Balaban J connectivity index is 2.30. The molecule has 3 heteroatoms. The zero-order valence-corrected chi connectivity index (χ0v) is 14.1. The first-order valence-electron chi connectivity index (χ1n) is 8.18. The lowest BCUT2D eigenvalue weighted by Gasteiger charge is -2.39. The van der Waals surface area contributed by atoms with Gasteiger partial charge >= 0.3 is 0 Å². The molecule has 0 aromatic rings. The third kappa shape index (κ3) is 5.42. The monoisotopic (exact) mass is 279 g/mol. The van der Waals surface area contributed by atoms with Crippen LogP contribution in [0.5, 0.6) is 0 Å². The molecule has 0 amide bonds. The van der Waals surface area contributed by atoms with Gasteiger partial charge in [0.05, 0.1) is 6.07 Å². The molecular weight excluding hydrogens is 246 g/mol. The molecule has 0 spiro atoms. The first-order valence-corrected chi connectivity index (χ1v) is 8.18. The van der Waals surface area contributed by atoms with E-state index in [1.807, 2.05) is 6.92 Å². The van der Waals surface area contributed by atoms with E-state index >= 15 is 0 Å². The highest BCUT2D eigenvalue weighted by Crippen LogP contribution is 2.36. The van der Waals surface area contributed by atoms with Gasteiger partial charge in [0.25, 0.3) is 0 Å². The van der Waals surface area contributed by atoms with Gasteiger partial charge in [-0.2, -0.15) is 5.26 Å². The second kappa shape index (κ2) is 7.43. The maximum Gasteiger partial charge on any atom is 0.103 e. The van der Waals surface area contributed by atoms with Crippen LogP contribution in [0.4, 0.5) is 0 Å².